The predicted molar refractivity (Wildman–Crippen MR) is 197 cm³/mol. The third-order valence-corrected chi connectivity index (χ3v) is 7.55. The Balaban J connectivity index is 3.65. The monoisotopic (exact) mass is 657 g/mol. The molecular formula is C41H68O6. The Kier molecular flexibility index (Phi) is 34.1. The summed E-state index contributed by atoms with van der Waals surface area (Å²) in [6.07, 6.45) is 44.3. The van der Waals surface area contributed by atoms with Crippen LogP contribution in [0.25, 0.3) is 0 Å². The molecule has 2 atom stereocenters. The molecule has 0 aliphatic carbocycles. The number of esters is 2. The Labute approximate surface area is 287 Å². The van der Waals surface area contributed by atoms with Crippen LogP contribution in [-0.2, 0) is 19.1 Å². The van der Waals surface area contributed by atoms with Crippen LogP contribution in [0.4, 0.5) is 0 Å². The van der Waals surface area contributed by atoms with Gasteiger partial charge in [0.05, 0.1) is 6.10 Å². The molecule has 6 nitrogen and oxygen atoms in total. The fraction of sp³-hybridized carbons (Fsp3) is 0.659. The second-order valence-corrected chi connectivity index (χ2v) is 12.2. The molecule has 0 spiro atoms. The van der Waals surface area contributed by atoms with E-state index in [2.05, 4.69) is 50.3 Å². The van der Waals surface area contributed by atoms with E-state index in [0.717, 1.165) is 44.9 Å². The molecule has 0 aliphatic heterocycles. The normalized spacial score (nSPS) is 13.7. The fourth-order valence-corrected chi connectivity index (χ4v) is 4.72. The van der Waals surface area contributed by atoms with E-state index < -0.39 is 12.2 Å². The van der Waals surface area contributed by atoms with E-state index in [1.165, 1.54) is 64.2 Å². The minimum atomic E-state index is -1.01. The quantitative estimate of drug-likeness (QED) is 0.0324. The van der Waals surface area contributed by atoms with Crippen molar-refractivity contribution < 1.29 is 29.3 Å². The Morgan fingerprint density at radius 1 is 0.553 bits per heavy atom. The minimum absolute atomic E-state index is 0.150. The molecule has 6 heteroatoms. The number of carbonyl (C=O) groups excluding carboxylic acids is 2. The number of rotatable bonds is 32. The first-order chi connectivity index (χ1) is 23.0. The summed E-state index contributed by atoms with van der Waals surface area (Å²) in [7, 11) is 0. The number of carbonyl (C=O) groups is 2. The lowest BCUT2D eigenvalue weighted by Crippen LogP contribution is -2.25. The summed E-state index contributed by atoms with van der Waals surface area (Å²) in [5.74, 6) is -0.685. The van der Waals surface area contributed by atoms with Crippen molar-refractivity contribution in [3.05, 3.63) is 72.9 Å². The molecule has 0 aromatic rings. The number of unbranched alkanes of at least 4 members (excludes halogenated alkanes) is 12. The van der Waals surface area contributed by atoms with Crippen molar-refractivity contribution >= 4 is 11.9 Å². The molecule has 0 bridgehead atoms. The van der Waals surface area contributed by atoms with Crippen molar-refractivity contribution in [2.45, 2.75) is 161 Å². The molecule has 0 fully saturated rings. The van der Waals surface area contributed by atoms with E-state index in [4.69, 9.17) is 9.47 Å². The number of allylic oxidation sites excluding steroid dienone is 10. The van der Waals surface area contributed by atoms with Crippen molar-refractivity contribution in [2.75, 3.05) is 13.2 Å². The highest BCUT2D eigenvalue weighted by atomic mass is 16.6. The Morgan fingerprint density at radius 3 is 1.60 bits per heavy atom. The van der Waals surface area contributed by atoms with E-state index in [9.17, 15) is 19.8 Å². The standard InChI is InChI=1S/C41H68O6/c1-3-5-7-8-9-10-11-13-17-20-23-26-30-34-40(44)46-36-39(43)37-47-41(45)35-31-27-24-21-18-15-12-14-16-19-22-25-29-33-38(42)32-28-6-4-2/h6,14-16,18,22,24-25,27-29,33,38-39,42-43H,3-5,7-13,17,19-21,23,26,30-32,34-37H2,1-2H3/b16-14-,18-15-,25-22+,27-24-,28-6-,33-29+/t38?,39-/m1/s1. The molecule has 47 heavy (non-hydrogen) atoms. The van der Waals surface area contributed by atoms with Crippen LogP contribution in [0.1, 0.15) is 149 Å². The lowest BCUT2D eigenvalue weighted by molar-refractivity contribution is -0.152. The SMILES string of the molecule is CC/C=C\CC(O)/C=C/C=C/C/C=C\C/C=C\C/C=C\CCC(=O)OC[C@H](O)COC(=O)CCCCCCCCCCCCCCC. The van der Waals surface area contributed by atoms with Gasteiger partial charge in [-0.15, -0.1) is 0 Å². The Hall–Kier alpha value is -2.70. The minimum Gasteiger partial charge on any atom is -0.463 e. The zero-order chi connectivity index (χ0) is 34.5. The lowest BCUT2D eigenvalue weighted by atomic mass is 10.0. The van der Waals surface area contributed by atoms with Crippen molar-refractivity contribution in [3.63, 3.8) is 0 Å². The van der Waals surface area contributed by atoms with E-state index >= 15 is 0 Å². The molecule has 0 aromatic carbocycles. The van der Waals surface area contributed by atoms with Gasteiger partial charge in [0.2, 0.25) is 0 Å². The van der Waals surface area contributed by atoms with Crippen LogP contribution in [-0.4, -0.2) is 47.6 Å². The zero-order valence-corrected chi connectivity index (χ0v) is 29.9. The number of hydrogen-bond donors (Lipinski definition) is 2. The molecule has 0 amide bonds. The predicted octanol–water partition coefficient (Wildman–Crippen LogP) is 10.4. The second-order valence-electron chi connectivity index (χ2n) is 12.2. The summed E-state index contributed by atoms with van der Waals surface area (Å²) in [4.78, 5) is 23.8. The highest BCUT2D eigenvalue weighted by molar-refractivity contribution is 5.70. The molecule has 0 aromatic heterocycles. The van der Waals surface area contributed by atoms with Gasteiger partial charge in [-0.2, -0.15) is 0 Å². The summed E-state index contributed by atoms with van der Waals surface area (Å²) in [5.41, 5.74) is 0. The van der Waals surface area contributed by atoms with Gasteiger partial charge in [-0.1, -0.05) is 164 Å². The topological polar surface area (TPSA) is 93.1 Å². The fourth-order valence-electron chi connectivity index (χ4n) is 4.72. The third-order valence-electron chi connectivity index (χ3n) is 7.55. The molecule has 1 unspecified atom stereocenters. The van der Waals surface area contributed by atoms with Crippen LogP contribution in [0.2, 0.25) is 0 Å². The Morgan fingerprint density at radius 2 is 1.04 bits per heavy atom. The summed E-state index contributed by atoms with van der Waals surface area (Å²) in [6.45, 7) is 4.01. The molecular weight excluding hydrogens is 588 g/mol. The van der Waals surface area contributed by atoms with Gasteiger partial charge in [0.25, 0.3) is 0 Å². The van der Waals surface area contributed by atoms with E-state index in [0.29, 0.717) is 19.3 Å². The van der Waals surface area contributed by atoms with Gasteiger partial charge >= 0.3 is 11.9 Å². The average Bonchev–Trinajstić information content (AvgIpc) is 3.06. The van der Waals surface area contributed by atoms with Crippen LogP contribution >= 0.6 is 0 Å². The third kappa shape index (κ3) is 36.0. The lowest BCUT2D eigenvalue weighted by Gasteiger charge is -2.12. The van der Waals surface area contributed by atoms with Crippen LogP contribution in [0.15, 0.2) is 72.9 Å². The summed E-state index contributed by atoms with van der Waals surface area (Å²) < 4.78 is 10.2. The van der Waals surface area contributed by atoms with Gasteiger partial charge in [-0.05, 0) is 44.9 Å². The number of ether oxygens (including phenoxy) is 2. The maximum Gasteiger partial charge on any atom is 0.306 e. The van der Waals surface area contributed by atoms with Crippen LogP contribution in [0, 0.1) is 0 Å². The van der Waals surface area contributed by atoms with E-state index in [1.54, 1.807) is 6.08 Å². The van der Waals surface area contributed by atoms with Crippen LogP contribution in [0.5, 0.6) is 0 Å². The smallest absolute Gasteiger partial charge is 0.306 e. The van der Waals surface area contributed by atoms with Gasteiger partial charge < -0.3 is 19.7 Å². The molecule has 0 rings (SSSR count). The van der Waals surface area contributed by atoms with Gasteiger partial charge in [0.1, 0.15) is 19.3 Å². The van der Waals surface area contributed by atoms with Gasteiger partial charge in [-0.25, -0.2) is 0 Å². The van der Waals surface area contributed by atoms with Gasteiger partial charge in [-0.3, -0.25) is 9.59 Å². The highest BCUT2D eigenvalue weighted by Gasteiger charge is 2.11. The second kappa shape index (κ2) is 36.1. The maximum atomic E-state index is 11.9. The van der Waals surface area contributed by atoms with E-state index in [-0.39, 0.29) is 31.6 Å². The number of hydrogen-bond acceptors (Lipinski definition) is 6. The summed E-state index contributed by atoms with van der Waals surface area (Å²) in [6, 6.07) is 0. The van der Waals surface area contributed by atoms with Crippen molar-refractivity contribution in [1.82, 2.24) is 0 Å². The Bertz CT molecular complexity index is 898. The molecule has 0 heterocycles. The number of aliphatic hydroxyl groups is 2. The van der Waals surface area contributed by atoms with Crippen molar-refractivity contribution in [1.29, 1.82) is 0 Å². The summed E-state index contributed by atoms with van der Waals surface area (Å²) >= 11 is 0. The number of aliphatic hydroxyl groups excluding tert-OH is 2. The zero-order valence-electron chi connectivity index (χ0n) is 29.9. The molecule has 0 saturated carbocycles. The maximum absolute atomic E-state index is 11.9. The molecule has 0 radical (unpaired) electrons. The van der Waals surface area contributed by atoms with Gasteiger partial charge in [0.15, 0.2) is 0 Å². The highest BCUT2D eigenvalue weighted by Crippen LogP contribution is 2.13. The average molecular weight is 657 g/mol. The molecule has 2 N–H and O–H groups in total. The largest absolute Gasteiger partial charge is 0.463 e. The van der Waals surface area contributed by atoms with Crippen LogP contribution in [0.3, 0.4) is 0 Å². The molecule has 0 saturated heterocycles. The first kappa shape index (κ1) is 44.3. The van der Waals surface area contributed by atoms with Crippen molar-refractivity contribution in [3.8, 4) is 0 Å². The molecule has 0 aliphatic rings. The van der Waals surface area contributed by atoms with E-state index in [1.807, 2.05) is 30.4 Å². The van der Waals surface area contributed by atoms with Crippen LogP contribution < -0.4 is 0 Å². The molecule has 268 valence electrons. The first-order valence-corrected chi connectivity index (χ1v) is 18.6. The summed E-state index contributed by atoms with van der Waals surface area (Å²) in [5, 5.41) is 19.8. The first-order valence-electron chi connectivity index (χ1n) is 18.6. The van der Waals surface area contributed by atoms with Gasteiger partial charge in [0, 0.05) is 12.8 Å². The van der Waals surface area contributed by atoms with Crippen molar-refractivity contribution in [2.24, 2.45) is 0 Å².